The summed E-state index contributed by atoms with van der Waals surface area (Å²) in [6.45, 7) is 4.49. The van der Waals surface area contributed by atoms with Crippen molar-refractivity contribution >= 4 is 0 Å². The largest absolute Gasteiger partial charge is 0.324 e. The van der Waals surface area contributed by atoms with Crippen molar-refractivity contribution in [3.05, 3.63) is 12.2 Å². The van der Waals surface area contributed by atoms with E-state index in [0.717, 1.165) is 11.8 Å². The van der Waals surface area contributed by atoms with Gasteiger partial charge in [-0.05, 0) is 24.7 Å². The van der Waals surface area contributed by atoms with Gasteiger partial charge in [0, 0.05) is 6.04 Å². The van der Waals surface area contributed by atoms with Crippen molar-refractivity contribution in [1.82, 2.24) is 0 Å². The van der Waals surface area contributed by atoms with Crippen molar-refractivity contribution in [1.29, 1.82) is 0 Å². The first-order valence-corrected chi connectivity index (χ1v) is 6.60. The third kappa shape index (κ3) is 5.99. The summed E-state index contributed by atoms with van der Waals surface area (Å²) in [6, 6.07) is 0.298. The van der Waals surface area contributed by atoms with E-state index in [4.69, 9.17) is 5.73 Å². The highest BCUT2D eigenvalue weighted by atomic mass is 14.6. The van der Waals surface area contributed by atoms with E-state index in [1.54, 1.807) is 0 Å². The minimum Gasteiger partial charge on any atom is -0.324 e. The monoisotopic (exact) mass is 209 g/mol. The molecule has 1 heteroatoms. The Morgan fingerprint density at radius 1 is 1.20 bits per heavy atom. The Labute approximate surface area is 95.1 Å². The van der Waals surface area contributed by atoms with Crippen molar-refractivity contribution in [2.75, 3.05) is 0 Å². The molecule has 15 heavy (non-hydrogen) atoms. The van der Waals surface area contributed by atoms with Gasteiger partial charge in [0.15, 0.2) is 0 Å². The summed E-state index contributed by atoms with van der Waals surface area (Å²) in [7, 11) is 0. The lowest BCUT2D eigenvalue weighted by Gasteiger charge is -2.23. The molecule has 1 atom stereocenters. The van der Waals surface area contributed by atoms with Gasteiger partial charge >= 0.3 is 0 Å². The molecule has 1 unspecified atom stereocenters. The van der Waals surface area contributed by atoms with Crippen LogP contribution >= 0.6 is 0 Å². The lowest BCUT2D eigenvalue weighted by Crippen LogP contribution is -2.22. The molecule has 0 heterocycles. The molecule has 0 aliphatic heterocycles. The van der Waals surface area contributed by atoms with E-state index in [9.17, 15) is 0 Å². The molecule has 0 amide bonds. The summed E-state index contributed by atoms with van der Waals surface area (Å²) in [5, 5.41) is 0. The van der Waals surface area contributed by atoms with Crippen LogP contribution in [0, 0.1) is 11.8 Å². The van der Waals surface area contributed by atoms with E-state index in [1.165, 1.54) is 44.9 Å². The van der Waals surface area contributed by atoms with Crippen LogP contribution in [-0.4, -0.2) is 6.04 Å². The molecule has 88 valence electrons. The van der Waals surface area contributed by atoms with E-state index >= 15 is 0 Å². The molecule has 1 aliphatic rings. The number of hydrogen-bond acceptors (Lipinski definition) is 1. The van der Waals surface area contributed by atoms with Crippen molar-refractivity contribution in [3.63, 3.8) is 0 Å². The molecule has 0 spiro atoms. The van der Waals surface area contributed by atoms with Crippen molar-refractivity contribution in [2.45, 2.75) is 64.8 Å². The number of hydrogen-bond donors (Lipinski definition) is 1. The van der Waals surface area contributed by atoms with Gasteiger partial charge in [0.1, 0.15) is 0 Å². The maximum atomic E-state index is 6.10. The average molecular weight is 209 g/mol. The first kappa shape index (κ1) is 12.8. The minimum atomic E-state index is 0.298. The van der Waals surface area contributed by atoms with Crippen LogP contribution in [0.3, 0.4) is 0 Å². The van der Waals surface area contributed by atoms with Gasteiger partial charge in [0.25, 0.3) is 0 Å². The van der Waals surface area contributed by atoms with E-state index in [2.05, 4.69) is 26.0 Å². The zero-order chi connectivity index (χ0) is 11.1. The number of rotatable bonds is 5. The summed E-state index contributed by atoms with van der Waals surface area (Å²) in [4.78, 5) is 0. The highest BCUT2D eigenvalue weighted by molar-refractivity contribution is 4.93. The molecule has 0 bridgehead atoms. The molecular weight excluding hydrogens is 182 g/mol. The zero-order valence-electron chi connectivity index (χ0n) is 10.4. The Balaban J connectivity index is 2.16. The standard InChI is InChI=1S/C14H27N/c1-12(2)7-6-10-14(15)11-13-8-4-3-5-9-13/h6,10,12-14H,3-5,7-9,11,15H2,1-2H3/b10-6-. The molecule has 1 saturated carbocycles. The summed E-state index contributed by atoms with van der Waals surface area (Å²) < 4.78 is 0. The van der Waals surface area contributed by atoms with Gasteiger partial charge in [-0.1, -0.05) is 58.1 Å². The Morgan fingerprint density at radius 3 is 2.47 bits per heavy atom. The van der Waals surface area contributed by atoms with Crippen LogP contribution in [0.1, 0.15) is 58.8 Å². The Hall–Kier alpha value is -0.300. The average Bonchev–Trinajstić information content (AvgIpc) is 2.18. The molecule has 0 aromatic carbocycles. The summed E-state index contributed by atoms with van der Waals surface area (Å²) in [5.41, 5.74) is 6.10. The minimum absolute atomic E-state index is 0.298. The van der Waals surface area contributed by atoms with Crippen LogP contribution in [-0.2, 0) is 0 Å². The molecule has 1 nitrogen and oxygen atoms in total. The van der Waals surface area contributed by atoms with Gasteiger partial charge in [0.05, 0.1) is 0 Å². The van der Waals surface area contributed by atoms with Gasteiger partial charge in [-0.15, -0.1) is 0 Å². The first-order chi connectivity index (χ1) is 7.18. The second kappa shape index (κ2) is 7.05. The van der Waals surface area contributed by atoms with Gasteiger partial charge in [-0.3, -0.25) is 0 Å². The van der Waals surface area contributed by atoms with E-state index < -0.39 is 0 Å². The molecular formula is C14H27N. The first-order valence-electron chi connectivity index (χ1n) is 6.60. The zero-order valence-corrected chi connectivity index (χ0v) is 10.4. The Kier molecular flexibility index (Phi) is 6.00. The highest BCUT2D eigenvalue weighted by Gasteiger charge is 2.15. The number of nitrogens with two attached hydrogens (primary N) is 1. The van der Waals surface area contributed by atoms with Gasteiger partial charge in [0.2, 0.25) is 0 Å². The molecule has 0 radical (unpaired) electrons. The summed E-state index contributed by atoms with van der Waals surface area (Å²) in [5.74, 6) is 1.65. The van der Waals surface area contributed by atoms with Gasteiger partial charge in [-0.25, -0.2) is 0 Å². The predicted octanol–water partition coefficient (Wildman–Crippen LogP) is 3.89. The fraction of sp³-hybridized carbons (Fsp3) is 0.857. The third-order valence-electron chi connectivity index (χ3n) is 3.32. The second-order valence-electron chi connectivity index (χ2n) is 5.46. The molecule has 2 N–H and O–H groups in total. The van der Waals surface area contributed by atoms with Crippen LogP contribution in [0.5, 0.6) is 0 Å². The van der Waals surface area contributed by atoms with Crippen molar-refractivity contribution in [3.8, 4) is 0 Å². The maximum Gasteiger partial charge on any atom is 0.0226 e. The van der Waals surface area contributed by atoms with Crippen LogP contribution in [0.4, 0.5) is 0 Å². The van der Waals surface area contributed by atoms with Gasteiger partial charge in [-0.2, -0.15) is 0 Å². The van der Waals surface area contributed by atoms with Crippen LogP contribution in [0.25, 0.3) is 0 Å². The maximum absolute atomic E-state index is 6.10. The smallest absolute Gasteiger partial charge is 0.0226 e. The lowest BCUT2D eigenvalue weighted by molar-refractivity contribution is 0.329. The predicted molar refractivity (Wildman–Crippen MR) is 67.8 cm³/mol. The summed E-state index contributed by atoms with van der Waals surface area (Å²) in [6.07, 6.45) is 14.0. The van der Waals surface area contributed by atoms with Crippen molar-refractivity contribution in [2.24, 2.45) is 17.6 Å². The quantitative estimate of drug-likeness (QED) is 0.683. The lowest BCUT2D eigenvalue weighted by atomic mass is 9.85. The Morgan fingerprint density at radius 2 is 1.87 bits per heavy atom. The number of allylic oxidation sites excluding steroid dienone is 1. The highest BCUT2D eigenvalue weighted by Crippen LogP contribution is 2.27. The van der Waals surface area contributed by atoms with E-state index in [0.29, 0.717) is 6.04 Å². The van der Waals surface area contributed by atoms with Crippen molar-refractivity contribution < 1.29 is 0 Å². The van der Waals surface area contributed by atoms with E-state index in [1.807, 2.05) is 0 Å². The molecule has 1 fully saturated rings. The summed E-state index contributed by atoms with van der Waals surface area (Å²) >= 11 is 0. The fourth-order valence-electron chi connectivity index (χ4n) is 2.41. The fourth-order valence-corrected chi connectivity index (χ4v) is 2.41. The van der Waals surface area contributed by atoms with Crippen LogP contribution in [0.2, 0.25) is 0 Å². The van der Waals surface area contributed by atoms with Crippen LogP contribution < -0.4 is 5.73 Å². The molecule has 0 saturated heterocycles. The van der Waals surface area contributed by atoms with Crippen LogP contribution in [0.15, 0.2) is 12.2 Å². The molecule has 0 aromatic rings. The molecule has 1 rings (SSSR count). The Bertz CT molecular complexity index is 178. The topological polar surface area (TPSA) is 26.0 Å². The normalized spacial score (nSPS) is 21.3. The molecule has 0 aromatic heterocycles. The third-order valence-corrected chi connectivity index (χ3v) is 3.32. The molecule has 1 aliphatic carbocycles. The SMILES string of the molecule is CC(C)C/C=C\C(N)CC1CCCCC1. The van der Waals surface area contributed by atoms with Gasteiger partial charge < -0.3 is 5.73 Å². The van der Waals surface area contributed by atoms with E-state index in [-0.39, 0.29) is 0 Å². The second-order valence-corrected chi connectivity index (χ2v) is 5.46.